The Labute approximate surface area is 173 Å². The van der Waals surface area contributed by atoms with E-state index in [4.69, 9.17) is 9.47 Å². The molecule has 0 spiro atoms. The number of fused-ring (bicyclic) bond motifs is 2. The minimum Gasteiger partial charge on any atom is -0.497 e. The Morgan fingerprint density at radius 3 is 2.50 bits per heavy atom. The Bertz CT molecular complexity index is 1240. The molecule has 0 N–H and O–H groups in total. The second kappa shape index (κ2) is 7.69. The minimum atomic E-state index is -4.83. The molecule has 4 rings (SSSR count). The van der Waals surface area contributed by atoms with Crippen molar-refractivity contribution < 1.29 is 27.4 Å². The molecular weight excluding hydrogens is 419 g/mol. The number of rotatable bonds is 5. The number of ether oxygens (including phenoxy) is 3. The first-order valence-corrected chi connectivity index (χ1v) is 9.59. The lowest BCUT2D eigenvalue weighted by Crippen LogP contribution is -2.17. The van der Waals surface area contributed by atoms with Crippen LogP contribution >= 0.6 is 11.3 Å². The molecule has 0 saturated carbocycles. The summed E-state index contributed by atoms with van der Waals surface area (Å²) in [4.78, 5) is 13.4. The zero-order chi connectivity index (χ0) is 21.5. The summed E-state index contributed by atoms with van der Waals surface area (Å²) in [5.74, 6) is 0.292. The van der Waals surface area contributed by atoms with E-state index in [-0.39, 0.29) is 17.9 Å². The molecule has 0 atom stereocenters. The highest BCUT2D eigenvalue weighted by atomic mass is 32.1. The third kappa shape index (κ3) is 4.01. The normalized spacial score (nSPS) is 11.9. The van der Waals surface area contributed by atoms with Crippen LogP contribution in [0.5, 0.6) is 11.5 Å². The number of hydrogen-bond donors (Lipinski definition) is 0. The topological polar surface area (TPSA) is 66.4 Å². The summed E-state index contributed by atoms with van der Waals surface area (Å²) >= 11 is 1.33. The maximum atomic E-state index is 12.9. The van der Waals surface area contributed by atoms with Gasteiger partial charge in [0.2, 0.25) is 0 Å². The van der Waals surface area contributed by atoms with Crippen LogP contribution in [0.4, 0.5) is 13.2 Å². The van der Waals surface area contributed by atoms with Crippen molar-refractivity contribution in [1.29, 1.82) is 0 Å². The third-order valence-electron chi connectivity index (χ3n) is 4.32. The monoisotopic (exact) mass is 435 g/mol. The molecule has 2 heterocycles. The zero-order valence-corrected chi connectivity index (χ0v) is 17.0. The fourth-order valence-corrected chi connectivity index (χ4v) is 4.20. The van der Waals surface area contributed by atoms with Crippen molar-refractivity contribution in [1.82, 2.24) is 15.0 Å². The SMILES string of the molecule is COCc1cnc2c(-c3nc4c(C)cc(OC)cc4s3)cc(OC(F)(F)F)cc2n1. The van der Waals surface area contributed by atoms with E-state index in [1.807, 2.05) is 19.1 Å². The maximum absolute atomic E-state index is 12.9. The average Bonchev–Trinajstić information content (AvgIpc) is 3.10. The maximum Gasteiger partial charge on any atom is 0.573 e. The smallest absolute Gasteiger partial charge is 0.497 e. The summed E-state index contributed by atoms with van der Waals surface area (Å²) in [6.45, 7) is 2.08. The van der Waals surface area contributed by atoms with E-state index in [0.717, 1.165) is 15.8 Å². The van der Waals surface area contributed by atoms with E-state index in [1.54, 1.807) is 7.11 Å². The Morgan fingerprint density at radius 1 is 1.00 bits per heavy atom. The van der Waals surface area contributed by atoms with Gasteiger partial charge in [-0.2, -0.15) is 0 Å². The number of aromatic nitrogens is 3. The summed E-state index contributed by atoms with van der Waals surface area (Å²) < 4.78 is 54.0. The van der Waals surface area contributed by atoms with Crippen molar-refractivity contribution in [2.75, 3.05) is 14.2 Å². The quantitative estimate of drug-likeness (QED) is 0.426. The fourth-order valence-electron chi connectivity index (χ4n) is 3.11. The molecular formula is C20H16F3N3O3S. The van der Waals surface area contributed by atoms with Crippen molar-refractivity contribution in [3.05, 3.63) is 41.7 Å². The molecule has 0 amide bonds. The number of nitrogens with zero attached hydrogens (tertiary/aromatic N) is 3. The molecule has 0 aliphatic heterocycles. The number of hydrogen-bond acceptors (Lipinski definition) is 7. The van der Waals surface area contributed by atoms with Crippen LogP contribution < -0.4 is 9.47 Å². The third-order valence-corrected chi connectivity index (χ3v) is 5.36. The van der Waals surface area contributed by atoms with Gasteiger partial charge in [0.15, 0.2) is 0 Å². The predicted molar refractivity (Wildman–Crippen MR) is 107 cm³/mol. The summed E-state index contributed by atoms with van der Waals surface area (Å²) in [7, 11) is 3.07. The van der Waals surface area contributed by atoms with Crippen LogP contribution in [0, 0.1) is 6.92 Å². The minimum absolute atomic E-state index is 0.183. The van der Waals surface area contributed by atoms with Gasteiger partial charge in [-0.1, -0.05) is 0 Å². The number of thiazole rings is 1. The van der Waals surface area contributed by atoms with Gasteiger partial charge in [0, 0.05) is 18.7 Å². The van der Waals surface area contributed by atoms with Crippen molar-refractivity contribution in [2.24, 2.45) is 0 Å². The predicted octanol–water partition coefficient (Wildman–Crippen LogP) is 5.27. The second-order valence-corrected chi connectivity index (χ2v) is 7.52. The first kappa shape index (κ1) is 20.3. The van der Waals surface area contributed by atoms with Gasteiger partial charge in [-0.15, -0.1) is 24.5 Å². The van der Waals surface area contributed by atoms with Crippen LogP contribution in [0.2, 0.25) is 0 Å². The van der Waals surface area contributed by atoms with Gasteiger partial charge in [-0.05, 0) is 30.7 Å². The van der Waals surface area contributed by atoms with Crippen LogP contribution in [-0.2, 0) is 11.3 Å². The molecule has 0 aliphatic carbocycles. The Balaban J connectivity index is 1.94. The highest BCUT2D eigenvalue weighted by Gasteiger charge is 2.32. The molecule has 0 unspecified atom stereocenters. The van der Waals surface area contributed by atoms with Crippen molar-refractivity contribution in [3.63, 3.8) is 0 Å². The van der Waals surface area contributed by atoms with Gasteiger partial charge < -0.3 is 14.2 Å². The lowest BCUT2D eigenvalue weighted by Gasteiger charge is -2.12. The molecule has 156 valence electrons. The molecule has 2 aromatic carbocycles. The Hall–Kier alpha value is -2.98. The lowest BCUT2D eigenvalue weighted by atomic mass is 10.1. The summed E-state index contributed by atoms with van der Waals surface area (Å²) in [5.41, 5.74) is 3.22. The molecule has 30 heavy (non-hydrogen) atoms. The van der Waals surface area contributed by atoms with Gasteiger partial charge in [0.25, 0.3) is 0 Å². The summed E-state index contributed by atoms with van der Waals surface area (Å²) in [6.07, 6.45) is -3.30. The largest absolute Gasteiger partial charge is 0.573 e. The number of methoxy groups -OCH3 is 2. The van der Waals surface area contributed by atoms with Crippen molar-refractivity contribution in [2.45, 2.75) is 19.9 Å². The van der Waals surface area contributed by atoms with Gasteiger partial charge >= 0.3 is 6.36 Å². The standard InChI is InChI=1S/C20H16F3N3O3S/c1-10-4-12(28-3)7-16-17(10)26-19(30-16)14-5-13(29-20(21,22)23)6-15-18(14)24-8-11(25-15)9-27-2/h4-8H,9H2,1-3H3. The van der Waals surface area contributed by atoms with E-state index in [9.17, 15) is 13.2 Å². The van der Waals surface area contributed by atoms with Gasteiger partial charge in [-0.25, -0.2) is 9.97 Å². The summed E-state index contributed by atoms with van der Waals surface area (Å²) in [6, 6.07) is 6.18. The first-order valence-electron chi connectivity index (χ1n) is 8.77. The molecule has 2 aromatic heterocycles. The number of aryl methyl sites for hydroxylation is 1. The first-order chi connectivity index (χ1) is 14.3. The molecule has 0 fully saturated rings. The van der Waals surface area contributed by atoms with Crippen LogP contribution in [0.25, 0.3) is 31.8 Å². The van der Waals surface area contributed by atoms with Crippen LogP contribution in [-0.4, -0.2) is 35.5 Å². The van der Waals surface area contributed by atoms with E-state index < -0.39 is 6.36 Å². The fraction of sp³-hybridized carbons (Fsp3) is 0.250. The molecule has 0 saturated heterocycles. The zero-order valence-electron chi connectivity index (χ0n) is 16.2. The average molecular weight is 435 g/mol. The highest BCUT2D eigenvalue weighted by Crippen LogP contribution is 2.39. The van der Waals surface area contributed by atoms with Crippen molar-refractivity contribution >= 4 is 32.6 Å². The van der Waals surface area contributed by atoms with E-state index in [2.05, 4.69) is 19.7 Å². The molecule has 4 aromatic rings. The molecule has 0 bridgehead atoms. The van der Waals surface area contributed by atoms with Gasteiger partial charge in [0.05, 0.1) is 46.9 Å². The molecule has 6 nitrogen and oxygen atoms in total. The summed E-state index contributed by atoms with van der Waals surface area (Å²) in [5, 5.41) is 0.507. The van der Waals surface area contributed by atoms with Crippen molar-refractivity contribution in [3.8, 4) is 22.1 Å². The number of alkyl halides is 3. The Kier molecular flexibility index (Phi) is 5.20. The van der Waals surface area contributed by atoms with Gasteiger partial charge in [0.1, 0.15) is 16.5 Å². The van der Waals surface area contributed by atoms with Crippen LogP contribution in [0.15, 0.2) is 30.5 Å². The Morgan fingerprint density at radius 2 is 1.80 bits per heavy atom. The second-order valence-electron chi connectivity index (χ2n) is 6.49. The van der Waals surface area contributed by atoms with E-state index >= 15 is 0 Å². The van der Waals surface area contributed by atoms with E-state index in [1.165, 1.54) is 36.8 Å². The number of halogens is 3. The molecule has 10 heteroatoms. The molecule has 0 radical (unpaired) electrons. The molecule has 0 aliphatic rings. The number of benzene rings is 2. The lowest BCUT2D eigenvalue weighted by molar-refractivity contribution is -0.274. The van der Waals surface area contributed by atoms with E-state index in [0.29, 0.717) is 27.5 Å². The van der Waals surface area contributed by atoms with Crippen LogP contribution in [0.1, 0.15) is 11.3 Å². The van der Waals surface area contributed by atoms with Crippen LogP contribution in [0.3, 0.4) is 0 Å². The van der Waals surface area contributed by atoms with Gasteiger partial charge in [-0.3, -0.25) is 4.98 Å². The highest BCUT2D eigenvalue weighted by molar-refractivity contribution is 7.21.